The molecule has 160 valence electrons. The lowest BCUT2D eigenvalue weighted by Gasteiger charge is -2.27. The first-order chi connectivity index (χ1) is 12.8. The van der Waals surface area contributed by atoms with Gasteiger partial charge in [-0.05, 0) is 44.4 Å². The molecular formula is C21H36IN3O3. The molecule has 0 aliphatic carbocycles. The van der Waals surface area contributed by atoms with E-state index in [4.69, 9.17) is 19.2 Å². The summed E-state index contributed by atoms with van der Waals surface area (Å²) in [5.41, 5.74) is 0.913. The normalized spacial score (nSPS) is 19.7. The van der Waals surface area contributed by atoms with Gasteiger partial charge in [0.25, 0.3) is 0 Å². The first-order valence-electron chi connectivity index (χ1n) is 9.72. The molecule has 6 nitrogen and oxygen atoms in total. The fourth-order valence-corrected chi connectivity index (χ4v) is 3.21. The fourth-order valence-electron chi connectivity index (χ4n) is 3.21. The minimum Gasteiger partial charge on any atom is -0.493 e. The molecule has 0 aromatic heterocycles. The highest BCUT2D eigenvalue weighted by molar-refractivity contribution is 14.0. The van der Waals surface area contributed by atoms with E-state index in [0.717, 1.165) is 55.6 Å². The highest BCUT2D eigenvalue weighted by Crippen LogP contribution is 2.33. The third-order valence-corrected chi connectivity index (χ3v) is 5.07. The number of rotatable bonds is 8. The molecule has 2 rings (SSSR count). The predicted octanol–water partition coefficient (Wildman–Crippen LogP) is 3.72. The first kappa shape index (κ1) is 24.8. The molecule has 0 saturated carbocycles. The van der Waals surface area contributed by atoms with Gasteiger partial charge in [0.05, 0.1) is 26.4 Å². The molecule has 1 atom stereocenters. The lowest BCUT2D eigenvalue weighted by atomic mass is 9.84. The molecule has 1 saturated heterocycles. The summed E-state index contributed by atoms with van der Waals surface area (Å²) in [6.07, 6.45) is 2.20. The molecule has 0 amide bonds. The van der Waals surface area contributed by atoms with E-state index in [1.165, 1.54) is 0 Å². The summed E-state index contributed by atoms with van der Waals surface area (Å²) in [5.74, 6) is 2.30. The number of methoxy groups -OCH3 is 2. The quantitative estimate of drug-likeness (QED) is 0.321. The van der Waals surface area contributed by atoms with Crippen LogP contribution in [0.15, 0.2) is 23.2 Å². The second kappa shape index (κ2) is 11.1. The summed E-state index contributed by atoms with van der Waals surface area (Å²) in [5, 5.41) is 6.76. The van der Waals surface area contributed by atoms with Crippen LogP contribution >= 0.6 is 24.0 Å². The number of aliphatic imine (C=N–C) groups is 1. The molecule has 7 heteroatoms. The second-order valence-corrected chi connectivity index (χ2v) is 7.90. The summed E-state index contributed by atoms with van der Waals surface area (Å²) >= 11 is 0. The second-order valence-electron chi connectivity index (χ2n) is 7.90. The molecule has 1 aliphatic heterocycles. The summed E-state index contributed by atoms with van der Waals surface area (Å²) in [6.45, 7) is 11.7. The molecule has 1 aromatic carbocycles. The van der Waals surface area contributed by atoms with Crippen molar-refractivity contribution in [2.75, 3.05) is 40.5 Å². The monoisotopic (exact) mass is 505 g/mol. The average Bonchev–Trinajstić information content (AvgIpc) is 3.10. The minimum absolute atomic E-state index is 0. The van der Waals surface area contributed by atoms with Crippen molar-refractivity contribution in [1.82, 2.24) is 10.6 Å². The van der Waals surface area contributed by atoms with Crippen molar-refractivity contribution < 1.29 is 14.2 Å². The lowest BCUT2D eigenvalue weighted by Crippen LogP contribution is -2.46. The number of hydrogen-bond donors (Lipinski definition) is 2. The van der Waals surface area contributed by atoms with Gasteiger partial charge in [-0.15, -0.1) is 24.0 Å². The van der Waals surface area contributed by atoms with Gasteiger partial charge in [0.15, 0.2) is 17.5 Å². The SMILES string of the molecule is CCNC(=NCC(C)(C)c1ccc(OC)c(OC)c1)NCC1(C)CCCO1.I. The van der Waals surface area contributed by atoms with Crippen molar-refractivity contribution in [3.63, 3.8) is 0 Å². The first-order valence-corrected chi connectivity index (χ1v) is 9.72. The molecule has 28 heavy (non-hydrogen) atoms. The Morgan fingerprint density at radius 1 is 1.21 bits per heavy atom. The Labute approximate surface area is 186 Å². The summed E-state index contributed by atoms with van der Waals surface area (Å²) in [6, 6.07) is 6.05. The number of benzene rings is 1. The number of nitrogens with one attached hydrogen (secondary N) is 2. The minimum atomic E-state index is -0.143. The molecule has 0 spiro atoms. The van der Waals surface area contributed by atoms with Crippen molar-refractivity contribution >= 4 is 29.9 Å². The van der Waals surface area contributed by atoms with Gasteiger partial charge >= 0.3 is 0 Å². The van der Waals surface area contributed by atoms with E-state index in [9.17, 15) is 0 Å². The van der Waals surface area contributed by atoms with E-state index in [2.05, 4.69) is 44.4 Å². The van der Waals surface area contributed by atoms with Gasteiger partial charge in [-0.2, -0.15) is 0 Å². The van der Waals surface area contributed by atoms with Gasteiger partial charge < -0.3 is 24.8 Å². The van der Waals surface area contributed by atoms with E-state index in [-0.39, 0.29) is 35.0 Å². The van der Waals surface area contributed by atoms with Crippen molar-refractivity contribution in [3.05, 3.63) is 23.8 Å². The Bertz CT molecular complexity index is 644. The Hall–Kier alpha value is -1.22. The van der Waals surface area contributed by atoms with Crippen LogP contribution in [0.4, 0.5) is 0 Å². The topological polar surface area (TPSA) is 64.1 Å². The lowest BCUT2D eigenvalue weighted by molar-refractivity contribution is 0.0243. The van der Waals surface area contributed by atoms with Gasteiger partial charge in [-0.3, -0.25) is 4.99 Å². The maximum atomic E-state index is 5.86. The molecule has 1 heterocycles. The molecule has 1 fully saturated rings. The summed E-state index contributed by atoms with van der Waals surface area (Å²) in [4.78, 5) is 4.82. The van der Waals surface area contributed by atoms with Crippen LogP contribution in [0.2, 0.25) is 0 Å². The average molecular weight is 505 g/mol. The van der Waals surface area contributed by atoms with Crippen LogP contribution in [0, 0.1) is 0 Å². The number of nitrogens with zero attached hydrogens (tertiary/aromatic N) is 1. The van der Waals surface area contributed by atoms with Crippen molar-refractivity contribution in [2.45, 2.75) is 51.6 Å². The van der Waals surface area contributed by atoms with Crippen molar-refractivity contribution in [3.8, 4) is 11.5 Å². The van der Waals surface area contributed by atoms with Crippen LogP contribution in [0.5, 0.6) is 11.5 Å². The number of guanidine groups is 1. The van der Waals surface area contributed by atoms with Gasteiger partial charge in [-0.1, -0.05) is 19.9 Å². The molecule has 0 radical (unpaired) electrons. The zero-order valence-electron chi connectivity index (χ0n) is 18.1. The van der Waals surface area contributed by atoms with Crippen LogP contribution in [-0.4, -0.2) is 52.0 Å². The van der Waals surface area contributed by atoms with Crippen LogP contribution in [-0.2, 0) is 10.2 Å². The van der Waals surface area contributed by atoms with E-state index < -0.39 is 0 Å². The highest BCUT2D eigenvalue weighted by Gasteiger charge is 2.30. The smallest absolute Gasteiger partial charge is 0.191 e. The molecule has 1 aliphatic rings. The van der Waals surface area contributed by atoms with Gasteiger partial charge in [0, 0.05) is 25.1 Å². The zero-order valence-corrected chi connectivity index (χ0v) is 20.4. The third-order valence-electron chi connectivity index (χ3n) is 5.07. The van der Waals surface area contributed by atoms with Gasteiger partial charge in [-0.25, -0.2) is 0 Å². The third kappa shape index (κ3) is 6.69. The van der Waals surface area contributed by atoms with Crippen LogP contribution in [0.1, 0.15) is 46.1 Å². The predicted molar refractivity (Wildman–Crippen MR) is 126 cm³/mol. The summed E-state index contributed by atoms with van der Waals surface area (Å²) in [7, 11) is 3.31. The molecular weight excluding hydrogens is 469 g/mol. The molecule has 2 N–H and O–H groups in total. The van der Waals surface area contributed by atoms with Crippen LogP contribution in [0.3, 0.4) is 0 Å². The molecule has 1 unspecified atom stereocenters. The van der Waals surface area contributed by atoms with Gasteiger partial charge in [0.2, 0.25) is 0 Å². The summed E-state index contributed by atoms with van der Waals surface area (Å²) < 4.78 is 16.6. The van der Waals surface area contributed by atoms with E-state index in [0.29, 0.717) is 6.54 Å². The van der Waals surface area contributed by atoms with E-state index >= 15 is 0 Å². The highest BCUT2D eigenvalue weighted by atomic mass is 127. The van der Waals surface area contributed by atoms with E-state index in [1.807, 2.05) is 12.1 Å². The van der Waals surface area contributed by atoms with Crippen molar-refractivity contribution in [1.29, 1.82) is 0 Å². The van der Waals surface area contributed by atoms with Crippen molar-refractivity contribution in [2.24, 2.45) is 4.99 Å². The Morgan fingerprint density at radius 3 is 2.50 bits per heavy atom. The standard InChI is InChI=1S/C21H35N3O3.HI/c1-7-22-19(24-15-21(4)11-8-12-27-21)23-14-20(2,3)16-9-10-17(25-5)18(13-16)26-6;/h9-10,13H,7-8,11-12,14-15H2,1-6H3,(H2,22,23,24);1H. The van der Waals surface area contributed by atoms with Crippen LogP contribution in [0.25, 0.3) is 0 Å². The maximum absolute atomic E-state index is 5.86. The number of ether oxygens (including phenoxy) is 3. The Kier molecular flexibility index (Phi) is 9.83. The largest absolute Gasteiger partial charge is 0.493 e. The fraction of sp³-hybridized carbons (Fsp3) is 0.667. The number of hydrogen-bond acceptors (Lipinski definition) is 4. The van der Waals surface area contributed by atoms with Gasteiger partial charge in [0.1, 0.15) is 0 Å². The number of halogens is 1. The van der Waals surface area contributed by atoms with E-state index in [1.54, 1.807) is 14.2 Å². The van der Waals surface area contributed by atoms with Crippen LogP contribution < -0.4 is 20.1 Å². The maximum Gasteiger partial charge on any atom is 0.191 e. The Balaban J connectivity index is 0.00000392. The Morgan fingerprint density at radius 2 is 1.93 bits per heavy atom. The zero-order chi connectivity index (χ0) is 19.9. The molecule has 1 aromatic rings. The molecule has 0 bridgehead atoms.